The molecule has 0 aliphatic carbocycles. The highest BCUT2D eigenvalue weighted by molar-refractivity contribution is 9.10. The van der Waals surface area contributed by atoms with Crippen molar-refractivity contribution in [1.82, 2.24) is 4.31 Å². The van der Waals surface area contributed by atoms with E-state index in [1.165, 1.54) is 15.6 Å². The van der Waals surface area contributed by atoms with Gasteiger partial charge in [0.05, 0.1) is 0 Å². The molecule has 0 spiro atoms. The number of hydrogen-bond acceptors (Lipinski definition) is 3. The fourth-order valence-electron chi connectivity index (χ4n) is 1.58. The fraction of sp³-hybridized carbons (Fsp3) is 0.167. The van der Waals surface area contributed by atoms with Crippen molar-refractivity contribution in [2.75, 3.05) is 7.05 Å². The Labute approximate surface area is 133 Å². The molecule has 7 heteroatoms. The van der Waals surface area contributed by atoms with Crippen LogP contribution in [0.3, 0.4) is 0 Å². The van der Waals surface area contributed by atoms with Gasteiger partial charge in [0.25, 0.3) is 10.0 Å². The Morgan fingerprint density at radius 1 is 1.26 bits per heavy atom. The van der Waals surface area contributed by atoms with Crippen molar-refractivity contribution >= 4 is 53.2 Å². The lowest BCUT2D eigenvalue weighted by Crippen LogP contribution is -2.26. The van der Waals surface area contributed by atoms with Crippen LogP contribution >= 0.6 is 43.2 Å². The fourth-order valence-corrected chi connectivity index (χ4v) is 5.69. The molecule has 1 aromatic carbocycles. The molecule has 0 amide bonds. The zero-order valence-corrected chi connectivity index (χ0v) is 14.8. The van der Waals surface area contributed by atoms with Gasteiger partial charge in [0, 0.05) is 22.5 Å². The van der Waals surface area contributed by atoms with Crippen LogP contribution in [-0.2, 0) is 16.6 Å². The Kier molecular flexibility index (Phi) is 4.84. The topological polar surface area (TPSA) is 37.4 Å². The summed E-state index contributed by atoms with van der Waals surface area (Å²) in [5.74, 6) is 0. The second-order valence-electron chi connectivity index (χ2n) is 3.95. The molecule has 0 radical (unpaired) electrons. The van der Waals surface area contributed by atoms with Crippen molar-refractivity contribution in [3.63, 3.8) is 0 Å². The third-order valence-electron chi connectivity index (χ3n) is 2.52. The summed E-state index contributed by atoms with van der Waals surface area (Å²) < 4.78 is 28.0. The SMILES string of the molecule is CN(Cc1cccc(Br)c1)S(=O)(=O)c1sccc1Br. The summed E-state index contributed by atoms with van der Waals surface area (Å²) in [5.41, 5.74) is 0.938. The van der Waals surface area contributed by atoms with Crippen LogP contribution in [0.1, 0.15) is 5.56 Å². The highest BCUT2D eigenvalue weighted by Crippen LogP contribution is 2.30. The molecule has 0 aliphatic heterocycles. The third kappa shape index (κ3) is 3.46. The predicted octanol–water partition coefficient (Wildman–Crippen LogP) is 4.09. The molecule has 1 heterocycles. The summed E-state index contributed by atoms with van der Waals surface area (Å²) >= 11 is 7.86. The zero-order valence-electron chi connectivity index (χ0n) is 10.0. The van der Waals surface area contributed by atoms with Gasteiger partial charge in [0.1, 0.15) is 4.21 Å². The van der Waals surface area contributed by atoms with E-state index < -0.39 is 10.0 Å². The Morgan fingerprint density at radius 2 is 2.00 bits per heavy atom. The van der Waals surface area contributed by atoms with Gasteiger partial charge < -0.3 is 0 Å². The standard InChI is InChI=1S/C12H11Br2NO2S2/c1-15(8-9-3-2-4-10(13)7-9)19(16,17)12-11(14)5-6-18-12/h2-7H,8H2,1H3. The molecule has 0 saturated heterocycles. The van der Waals surface area contributed by atoms with Crippen LogP contribution in [0, 0.1) is 0 Å². The second kappa shape index (κ2) is 6.05. The molecule has 0 N–H and O–H groups in total. The Balaban J connectivity index is 2.25. The lowest BCUT2D eigenvalue weighted by molar-refractivity contribution is 0.468. The Hall–Kier alpha value is -0.210. The number of sulfonamides is 1. The van der Waals surface area contributed by atoms with E-state index in [4.69, 9.17) is 0 Å². The summed E-state index contributed by atoms with van der Waals surface area (Å²) in [6.07, 6.45) is 0. The highest BCUT2D eigenvalue weighted by atomic mass is 79.9. The van der Waals surface area contributed by atoms with E-state index in [0.717, 1.165) is 10.0 Å². The first-order valence-electron chi connectivity index (χ1n) is 5.35. The maximum atomic E-state index is 12.4. The normalized spacial score (nSPS) is 12.0. The van der Waals surface area contributed by atoms with E-state index in [-0.39, 0.29) is 0 Å². The van der Waals surface area contributed by atoms with Crippen LogP contribution in [-0.4, -0.2) is 19.8 Å². The lowest BCUT2D eigenvalue weighted by Gasteiger charge is -2.16. The maximum absolute atomic E-state index is 12.4. The largest absolute Gasteiger partial charge is 0.253 e. The molecule has 0 fully saturated rings. The predicted molar refractivity (Wildman–Crippen MR) is 84.8 cm³/mol. The van der Waals surface area contributed by atoms with Crippen LogP contribution in [0.2, 0.25) is 0 Å². The monoisotopic (exact) mass is 423 g/mol. The number of nitrogens with zero attached hydrogens (tertiary/aromatic N) is 1. The van der Waals surface area contributed by atoms with Crippen LogP contribution in [0.25, 0.3) is 0 Å². The minimum absolute atomic E-state index is 0.338. The molecule has 0 bridgehead atoms. The molecule has 0 aliphatic rings. The van der Waals surface area contributed by atoms with Crippen LogP contribution in [0.4, 0.5) is 0 Å². The van der Waals surface area contributed by atoms with Gasteiger partial charge in [0.2, 0.25) is 0 Å². The van der Waals surface area contributed by atoms with Gasteiger partial charge in [-0.2, -0.15) is 4.31 Å². The van der Waals surface area contributed by atoms with E-state index in [0.29, 0.717) is 15.2 Å². The van der Waals surface area contributed by atoms with Crippen LogP contribution in [0.15, 0.2) is 48.9 Å². The van der Waals surface area contributed by atoms with E-state index in [2.05, 4.69) is 31.9 Å². The molecule has 102 valence electrons. The van der Waals surface area contributed by atoms with Crippen molar-refractivity contribution in [2.45, 2.75) is 10.8 Å². The van der Waals surface area contributed by atoms with E-state index >= 15 is 0 Å². The molecule has 19 heavy (non-hydrogen) atoms. The van der Waals surface area contributed by atoms with Crippen LogP contribution < -0.4 is 0 Å². The Bertz CT molecular complexity index is 683. The van der Waals surface area contributed by atoms with E-state index in [1.807, 2.05) is 24.3 Å². The van der Waals surface area contributed by atoms with E-state index in [1.54, 1.807) is 18.5 Å². The summed E-state index contributed by atoms with van der Waals surface area (Å²) in [6.45, 7) is 0.339. The van der Waals surface area contributed by atoms with Gasteiger partial charge in [-0.15, -0.1) is 11.3 Å². The zero-order chi connectivity index (χ0) is 14.0. The van der Waals surface area contributed by atoms with Crippen molar-refractivity contribution < 1.29 is 8.42 Å². The number of thiophene rings is 1. The van der Waals surface area contributed by atoms with Crippen molar-refractivity contribution in [2.24, 2.45) is 0 Å². The second-order valence-corrected chi connectivity index (χ2v) is 8.87. The van der Waals surface area contributed by atoms with Gasteiger partial charge >= 0.3 is 0 Å². The molecule has 0 unspecified atom stereocenters. The average molecular weight is 425 g/mol. The van der Waals surface area contributed by atoms with E-state index in [9.17, 15) is 8.42 Å². The van der Waals surface area contributed by atoms with Gasteiger partial charge in [-0.3, -0.25) is 0 Å². The Morgan fingerprint density at radius 3 is 2.58 bits per heavy atom. The number of halogens is 2. The van der Waals surface area contributed by atoms with Crippen molar-refractivity contribution in [1.29, 1.82) is 0 Å². The van der Waals surface area contributed by atoms with Crippen molar-refractivity contribution in [3.05, 3.63) is 50.2 Å². The molecule has 2 rings (SSSR count). The minimum Gasteiger partial charge on any atom is -0.206 e. The summed E-state index contributed by atoms with van der Waals surface area (Å²) in [6, 6.07) is 9.36. The lowest BCUT2D eigenvalue weighted by atomic mass is 10.2. The summed E-state index contributed by atoms with van der Waals surface area (Å²) in [7, 11) is -1.86. The maximum Gasteiger partial charge on any atom is 0.253 e. The average Bonchev–Trinajstić information content (AvgIpc) is 2.76. The third-order valence-corrected chi connectivity index (χ3v) is 7.47. The first-order valence-corrected chi connectivity index (χ1v) is 9.25. The number of hydrogen-bond donors (Lipinski definition) is 0. The van der Waals surface area contributed by atoms with Crippen molar-refractivity contribution in [3.8, 4) is 0 Å². The summed E-state index contributed by atoms with van der Waals surface area (Å²) in [5, 5.41) is 1.75. The van der Waals surface area contributed by atoms with Crippen LogP contribution in [0.5, 0.6) is 0 Å². The number of rotatable bonds is 4. The van der Waals surface area contributed by atoms with Gasteiger partial charge in [-0.25, -0.2) is 8.42 Å². The minimum atomic E-state index is -3.45. The molecular weight excluding hydrogens is 414 g/mol. The molecular formula is C12H11Br2NO2S2. The molecule has 0 atom stereocenters. The van der Waals surface area contributed by atoms with Gasteiger partial charge in [0.15, 0.2) is 0 Å². The van der Waals surface area contributed by atoms with Gasteiger partial charge in [-0.1, -0.05) is 28.1 Å². The quantitative estimate of drug-likeness (QED) is 0.740. The number of benzene rings is 1. The molecule has 1 aromatic heterocycles. The first-order chi connectivity index (χ1) is 8.91. The summed E-state index contributed by atoms with van der Waals surface area (Å²) in [4.78, 5) is 0. The first kappa shape index (κ1) is 15.2. The highest BCUT2D eigenvalue weighted by Gasteiger charge is 2.24. The molecule has 0 saturated carbocycles. The smallest absolute Gasteiger partial charge is 0.206 e. The van der Waals surface area contributed by atoms with Gasteiger partial charge in [-0.05, 0) is 45.1 Å². The molecule has 3 nitrogen and oxygen atoms in total. The molecule has 2 aromatic rings.